The highest BCUT2D eigenvalue weighted by atomic mass is 19.1. The molecule has 2 aromatic carbocycles. The molecule has 2 N–H and O–H groups in total. The zero-order chi connectivity index (χ0) is 18.9. The van der Waals surface area contributed by atoms with Crippen LogP contribution in [0.3, 0.4) is 0 Å². The van der Waals surface area contributed by atoms with Crippen LogP contribution < -0.4 is 0 Å². The van der Waals surface area contributed by atoms with Crippen molar-refractivity contribution in [2.75, 3.05) is 6.61 Å². The fourth-order valence-corrected chi connectivity index (χ4v) is 3.91. The number of halogens is 2. The minimum atomic E-state index is -1.33. The van der Waals surface area contributed by atoms with Crippen LogP contribution in [0.4, 0.5) is 8.78 Å². The van der Waals surface area contributed by atoms with Crippen molar-refractivity contribution in [2.24, 2.45) is 0 Å². The SMILES string of the molecule is CCOC(O)[C@]1(c2cccc(F)c2)CC[C@@H](C(=O)O)c2cc(F)ccc21. The van der Waals surface area contributed by atoms with Gasteiger partial charge >= 0.3 is 5.97 Å². The smallest absolute Gasteiger partial charge is 0.310 e. The van der Waals surface area contributed by atoms with Gasteiger partial charge in [0, 0.05) is 6.61 Å². The molecule has 0 aliphatic heterocycles. The van der Waals surface area contributed by atoms with Gasteiger partial charge in [-0.2, -0.15) is 0 Å². The van der Waals surface area contributed by atoms with Crippen molar-refractivity contribution >= 4 is 5.97 Å². The molecule has 0 saturated carbocycles. The Labute approximate surface area is 150 Å². The first-order chi connectivity index (χ1) is 12.4. The van der Waals surface area contributed by atoms with Crippen molar-refractivity contribution in [3.8, 4) is 0 Å². The average molecular weight is 362 g/mol. The van der Waals surface area contributed by atoms with E-state index < -0.39 is 35.2 Å². The largest absolute Gasteiger partial charge is 0.481 e. The maximum atomic E-state index is 13.9. The molecule has 0 heterocycles. The van der Waals surface area contributed by atoms with Gasteiger partial charge < -0.3 is 14.9 Å². The number of hydrogen-bond acceptors (Lipinski definition) is 3. The summed E-state index contributed by atoms with van der Waals surface area (Å²) >= 11 is 0. The number of hydrogen-bond donors (Lipinski definition) is 2. The summed E-state index contributed by atoms with van der Waals surface area (Å²) in [6.45, 7) is 1.94. The van der Waals surface area contributed by atoms with E-state index in [0.29, 0.717) is 11.1 Å². The van der Waals surface area contributed by atoms with Crippen LogP contribution in [0.5, 0.6) is 0 Å². The summed E-state index contributed by atoms with van der Waals surface area (Å²) in [7, 11) is 0. The van der Waals surface area contributed by atoms with E-state index in [0.717, 1.165) is 0 Å². The van der Waals surface area contributed by atoms with Crippen molar-refractivity contribution in [3.05, 3.63) is 70.8 Å². The van der Waals surface area contributed by atoms with Crippen LogP contribution in [0.2, 0.25) is 0 Å². The van der Waals surface area contributed by atoms with E-state index in [-0.39, 0.29) is 25.0 Å². The molecule has 3 rings (SSSR count). The van der Waals surface area contributed by atoms with Gasteiger partial charge in [-0.05, 0) is 60.7 Å². The van der Waals surface area contributed by atoms with E-state index in [2.05, 4.69) is 0 Å². The molecule has 1 unspecified atom stereocenters. The average Bonchev–Trinajstić information content (AvgIpc) is 2.60. The highest BCUT2D eigenvalue weighted by Gasteiger charge is 2.48. The lowest BCUT2D eigenvalue weighted by atomic mass is 9.62. The van der Waals surface area contributed by atoms with Gasteiger partial charge in [0.25, 0.3) is 0 Å². The summed E-state index contributed by atoms with van der Waals surface area (Å²) < 4.78 is 33.2. The molecule has 2 aromatic rings. The molecule has 0 aromatic heterocycles. The fourth-order valence-electron chi connectivity index (χ4n) is 3.91. The monoisotopic (exact) mass is 362 g/mol. The van der Waals surface area contributed by atoms with Crippen molar-refractivity contribution in [3.63, 3.8) is 0 Å². The maximum absolute atomic E-state index is 13.9. The van der Waals surface area contributed by atoms with Crippen molar-refractivity contribution in [1.29, 1.82) is 0 Å². The molecular formula is C20H20F2O4. The lowest BCUT2D eigenvalue weighted by Crippen LogP contribution is -2.46. The second kappa shape index (κ2) is 7.13. The standard InChI is InChI=1S/C20H20F2O4/c1-2-26-19(25)20(12-4-3-5-13(21)10-12)9-8-15(18(23)24)16-11-14(22)6-7-17(16)20/h3-7,10-11,15,19,25H,2,8-9H2,1H3,(H,23,24)/t15-,19?,20+/m1/s1. The third kappa shape index (κ3) is 2.99. The molecule has 6 heteroatoms. The van der Waals surface area contributed by atoms with E-state index in [1.807, 2.05) is 0 Å². The van der Waals surface area contributed by atoms with Crippen molar-refractivity contribution in [2.45, 2.75) is 37.4 Å². The first kappa shape index (κ1) is 18.5. The van der Waals surface area contributed by atoms with Crippen LogP contribution in [-0.2, 0) is 14.9 Å². The molecular weight excluding hydrogens is 342 g/mol. The number of aliphatic carboxylic acids is 1. The van der Waals surface area contributed by atoms with E-state index >= 15 is 0 Å². The maximum Gasteiger partial charge on any atom is 0.310 e. The zero-order valence-electron chi connectivity index (χ0n) is 14.3. The number of benzene rings is 2. The number of aliphatic hydroxyl groups is 1. The number of carboxylic acid groups (broad SMARTS) is 1. The third-order valence-corrected chi connectivity index (χ3v) is 5.08. The number of aliphatic hydroxyl groups excluding tert-OH is 1. The molecule has 0 saturated heterocycles. The van der Waals surface area contributed by atoms with Crippen LogP contribution in [0, 0.1) is 11.6 Å². The molecule has 0 radical (unpaired) electrons. The minimum Gasteiger partial charge on any atom is -0.481 e. The van der Waals surface area contributed by atoms with Crippen LogP contribution in [0.15, 0.2) is 42.5 Å². The van der Waals surface area contributed by atoms with Gasteiger partial charge in [-0.15, -0.1) is 0 Å². The first-order valence-corrected chi connectivity index (χ1v) is 8.48. The summed E-state index contributed by atoms with van der Waals surface area (Å²) in [5, 5.41) is 20.4. The lowest BCUT2D eigenvalue weighted by molar-refractivity contribution is -0.145. The number of rotatable bonds is 5. The fraction of sp³-hybridized carbons (Fsp3) is 0.350. The zero-order valence-corrected chi connectivity index (χ0v) is 14.3. The van der Waals surface area contributed by atoms with Crippen molar-refractivity contribution < 1.29 is 28.5 Å². The van der Waals surface area contributed by atoms with Crippen LogP contribution in [0.1, 0.15) is 42.4 Å². The first-order valence-electron chi connectivity index (χ1n) is 8.48. The van der Waals surface area contributed by atoms with Gasteiger partial charge in [0.05, 0.1) is 11.3 Å². The summed E-state index contributed by atoms with van der Waals surface area (Å²) in [6.07, 6.45) is -0.923. The van der Waals surface area contributed by atoms with E-state index in [1.165, 1.54) is 36.4 Å². The summed E-state index contributed by atoms with van der Waals surface area (Å²) in [6, 6.07) is 9.65. The highest BCUT2D eigenvalue weighted by molar-refractivity contribution is 5.78. The Morgan fingerprint density at radius 1 is 1.27 bits per heavy atom. The van der Waals surface area contributed by atoms with Crippen LogP contribution in [-0.4, -0.2) is 29.1 Å². The minimum absolute atomic E-state index is 0.173. The van der Waals surface area contributed by atoms with Gasteiger partial charge in [-0.25, -0.2) is 8.78 Å². The molecule has 0 bridgehead atoms. The molecule has 0 fully saturated rings. The molecule has 0 amide bonds. The second-order valence-corrected chi connectivity index (χ2v) is 6.45. The molecule has 0 spiro atoms. The van der Waals surface area contributed by atoms with Gasteiger partial charge in [0.1, 0.15) is 11.6 Å². The summed E-state index contributed by atoms with van der Waals surface area (Å²) in [5.41, 5.74) is 0.0265. The van der Waals surface area contributed by atoms with E-state index in [1.54, 1.807) is 13.0 Å². The predicted molar refractivity (Wildman–Crippen MR) is 90.8 cm³/mol. The van der Waals surface area contributed by atoms with Crippen LogP contribution >= 0.6 is 0 Å². The van der Waals surface area contributed by atoms with Gasteiger partial charge in [-0.1, -0.05) is 18.2 Å². The topological polar surface area (TPSA) is 66.8 Å². The number of ether oxygens (including phenoxy) is 1. The Balaban J connectivity index is 2.28. The Hall–Kier alpha value is -2.31. The van der Waals surface area contributed by atoms with Gasteiger partial charge in [0.2, 0.25) is 0 Å². The molecule has 4 nitrogen and oxygen atoms in total. The Morgan fingerprint density at radius 3 is 2.65 bits per heavy atom. The Morgan fingerprint density at radius 2 is 2.00 bits per heavy atom. The van der Waals surface area contributed by atoms with E-state index in [9.17, 15) is 23.8 Å². The number of carboxylic acids is 1. The quantitative estimate of drug-likeness (QED) is 0.798. The van der Waals surface area contributed by atoms with Crippen molar-refractivity contribution in [1.82, 2.24) is 0 Å². The number of carbonyl (C=O) groups is 1. The molecule has 26 heavy (non-hydrogen) atoms. The number of fused-ring (bicyclic) bond motifs is 1. The molecule has 138 valence electrons. The highest BCUT2D eigenvalue weighted by Crippen LogP contribution is 2.49. The lowest BCUT2D eigenvalue weighted by Gasteiger charge is -2.44. The van der Waals surface area contributed by atoms with E-state index in [4.69, 9.17) is 4.74 Å². The summed E-state index contributed by atoms with van der Waals surface area (Å²) in [4.78, 5) is 11.6. The Bertz CT molecular complexity index is 823. The normalized spacial score (nSPS) is 23.3. The second-order valence-electron chi connectivity index (χ2n) is 6.45. The van der Waals surface area contributed by atoms with Crippen LogP contribution in [0.25, 0.3) is 0 Å². The molecule has 1 aliphatic rings. The third-order valence-electron chi connectivity index (χ3n) is 5.08. The molecule has 1 aliphatic carbocycles. The Kier molecular flexibility index (Phi) is 5.07. The predicted octanol–water partition coefficient (Wildman–Crippen LogP) is 3.57. The van der Waals surface area contributed by atoms with Gasteiger partial charge in [0.15, 0.2) is 6.29 Å². The summed E-state index contributed by atoms with van der Waals surface area (Å²) in [5.74, 6) is -2.99. The molecule has 3 atom stereocenters. The van der Waals surface area contributed by atoms with Gasteiger partial charge in [-0.3, -0.25) is 4.79 Å².